The summed E-state index contributed by atoms with van der Waals surface area (Å²) in [6.45, 7) is 4.31. The van der Waals surface area contributed by atoms with Crippen molar-refractivity contribution in [2.45, 2.75) is 64.0 Å². The number of hydrogen-bond acceptors (Lipinski definition) is 2. The maximum Gasteiger partial charge on any atom is 0.0622 e. The highest BCUT2D eigenvalue weighted by Crippen LogP contribution is 2.29. The zero-order valence-electron chi connectivity index (χ0n) is 9.88. The fourth-order valence-corrected chi connectivity index (χ4v) is 2.23. The van der Waals surface area contributed by atoms with Gasteiger partial charge in [0.15, 0.2) is 0 Å². The van der Waals surface area contributed by atoms with Crippen molar-refractivity contribution >= 4 is 0 Å². The number of nitrogens with two attached hydrogens (primary N) is 1. The molecule has 0 radical (unpaired) electrons. The fourth-order valence-electron chi connectivity index (χ4n) is 2.23. The Kier molecular flexibility index (Phi) is 4.39. The molecule has 0 spiro atoms. The summed E-state index contributed by atoms with van der Waals surface area (Å²) in [7, 11) is 1.79. The predicted octanol–water partition coefficient (Wildman–Crippen LogP) is 2.71. The minimum Gasteiger partial charge on any atom is -0.379 e. The third-order valence-electron chi connectivity index (χ3n) is 3.64. The van der Waals surface area contributed by atoms with Crippen LogP contribution in [0.2, 0.25) is 0 Å². The zero-order valence-corrected chi connectivity index (χ0v) is 9.88. The highest BCUT2D eigenvalue weighted by Gasteiger charge is 2.25. The van der Waals surface area contributed by atoms with Crippen LogP contribution in [0.25, 0.3) is 0 Å². The minimum atomic E-state index is 0.0250. The summed E-state index contributed by atoms with van der Waals surface area (Å²) in [5.74, 6) is 0.734. The van der Waals surface area contributed by atoms with E-state index in [0.29, 0.717) is 6.04 Å². The van der Waals surface area contributed by atoms with Gasteiger partial charge in [0.1, 0.15) is 0 Å². The molecule has 0 aliphatic heterocycles. The lowest BCUT2D eigenvalue weighted by Crippen LogP contribution is -2.34. The van der Waals surface area contributed by atoms with Crippen LogP contribution >= 0.6 is 0 Å². The molecule has 0 aromatic carbocycles. The summed E-state index contributed by atoms with van der Waals surface area (Å²) in [5.41, 5.74) is 6.13. The normalized spacial score (nSPS) is 29.1. The topological polar surface area (TPSA) is 35.2 Å². The number of hydrogen-bond donors (Lipinski definition) is 1. The molecular formula is C12H25NO. The highest BCUT2D eigenvalue weighted by molar-refractivity contribution is 4.80. The zero-order chi connectivity index (χ0) is 10.6. The van der Waals surface area contributed by atoms with Crippen LogP contribution in [0.3, 0.4) is 0 Å². The van der Waals surface area contributed by atoms with Crippen molar-refractivity contribution in [1.29, 1.82) is 0 Å². The molecule has 1 saturated carbocycles. The van der Waals surface area contributed by atoms with Gasteiger partial charge in [-0.25, -0.2) is 0 Å². The standard InChI is InChI=1S/C12H25NO/c1-12(2,14-3)9-8-10-6-4-5-7-11(10)13/h10-11H,4-9,13H2,1-3H3. The molecule has 1 fully saturated rings. The Bertz CT molecular complexity index is 168. The van der Waals surface area contributed by atoms with Crippen molar-refractivity contribution in [3.8, 4) is 0 Å². The van der Waals surface area contributed by atoms with Gasteiger partial charge in [-0.3, -0.25) is 0 Å². The van der Waals surface area contributed by atoms with Gasteiger partial charge in [0.05, 0.1) is 5.60 Å². The fraction of sp³-hybridized carbons (Fsp3) is 1.00. The predicted molar refractivity (Wildman–Crippen MR) is 60.3 cm³/mol. The molecule has 2 unspecified atom stereocenters. The molecule has 1 rings (SSSR count). The lowest BCUT2D eigenvalue weighted by molar-refractivity contribution is 0.00831. The number of ether oxygens (including phenoxy) is 1. The van der Waals surface area contributed by atoms with E-state index < -0.39 is 0 Å². The highest BCUT2D eigenvalue weighted by atomic mass is 16.5. The Labute approximate surface area is 88.2 Å². The van der Waals surface area contributed by atoms with Crippen molar-refractivity contribution in [1.82, 2.24) is 0 Å². The molecule has 14 heavy (non-hydrogen) atoms. The summed E-state index contributed by atoms with van der Waals surface area (Å²) < 4.78 is 5.42. The first-order chi connectivity index (χ1) is 6.55. The molecule has 0 aromatic heterocycles. The van der Waals surface area contributed by atoms with E-state index in [1.165, 1.54) is 32.1 Å². The van der Waals surface area contributed by atoms with Crippen LogP contribution in [0.15, 0.2) is 0 Å². The molecule has 0 amide bonds. The monoisotopic (exact) mass is 199 g/mol. The minimum absolute atomic E-state index is 0.0250. The van der Waals surface area contributed by atoms with E-state index in [9.17, 15) is 0 Å². The first kappa shape index (κ1) is 12.0. The Hall–Kier alpha value is -0.0800. The van der Waals surface area contributed by atoms with Crippen LogP contribution in [-0.2, 0) is 4.74 Å². The molecule has 1 aliphatic rings. The smallest absolute Gasteiger partial charge is 0.0622 e. The van der Waals surface area contributed by atoms with Crippen LogP contribution in [-0.4, -0.2) is 18.8 Å². The third kappa shape index (κ3) is 3.58. The van der Waals surface area contributed by atoms with Crippen molar-refractivity contribution in [3.05, 3.63) is 0 Å². The van der Waals surface area contributed by atoms with Gasteiger partial charge < -0.3 is 10.5 Å². The third-order valence-corrected chi connectivity index (χ3v) is 3.64. The molecule has 0 saturated heterocycles. The van der Waals surface area contributed by atoms with Gasteiger partial charge in [0.25, 0.3) is 0 Å². The van der Waals surface area contributed by atoms with Crippen molar-refractivity contribution in [2.24, 2.45) is 11.7 Å². The van der Waals surface area contributed by atoms with E-state index in [1.54, 1.807) is 7.11 Å². The second-order valence-electron chi connectivity index (χ2n) is 5.21. The lowest BCUT2D eigenvalue weighted by atomic mass is 9.80. The molecule has 1 aliphatic carbocycles. The average molecular weight is 199 g/mol. The van der Waals surface area contributed by atoms with Crippen LogP contribution < -0.4 is 5.73 Å². The first-order valence-electron chi connectivity index (χ1n) is 5.86. The maximum atomic E-state index is 6.11. The van der Waals surface area contributed by atoms with Gasteiger partial charge in [-0.2, -0.15) is 0 Å². The number of rotatable bonds is 4. The maximum absolute atomic E-state index is 6.11. The van der Waals surface area contributed by atoms with Crippen LogP contribution in [0.4, 0.5) is 0 Å². The van der Waals surface area contributed by atoms with Gasteiger partial charge in [-0.05, 0) is 45.4 Å². The van der Waals surface area contributed by atoms with Crippen molar-refractivity contribution in [3.63, 3.8) is 0 Å². The van der Waals surface area contributed by atoms with E-state index in [1.807, 2.05) is 0 Å². The molecule has 0 aromatic rings. The van der Waals surface area contributed by atoms with E-state index >= 15 is 0 Å². The van der Waals surface area contributed by atoms with Crippen LogP contribution in [0.5, 0.6) is 0 Å². The van der Waals surface area contributed by atoms with Gasteiger partial charge in [-0.1, -0.05) is 12.8 Å². The summed E-state index contributed by atoms with van der Waals surface area (Å²) >= 11 is 0. The molecule has 2 N–H and O–H groups in total. The van der Waals surface area contributed by atoms with Crippen molar-refractivity contribution in [2.75, 3.05) is 7.11 Å². The van der Waals surface area contributed by atoms with E-state index in [-0.39, 0.29) is 5.60 Å². The second kappa shape index (κ2) is 5.13. The largest absolute Gasteiger partial charge is 0.379 e. The molecule has 0 bridgehead atoms. The van der Waals surface area contributed by atoms with Crippen molar-refractivity contribution < 1.29 is 4.74 Å². The van der Waals surface area contributed by atoms with Gasteiger partial charge >= 0.3 is 0 Å². The molecule has 2 atom stereocenters. The summed E-state index contributed by atoms with van der Waals surface area (Å²) in [6, 6.07) is 0.441. The van der Waals surface area contributed by atoms with Gasteiger partial charge in [-0.15, -0.1) is 0 Å². The van der Waals surface area contributed by atoms with Crippen LogP contribution in [0.1, 0.15) is 52.4 Å². The van der Waals surface area contributed by atoms with Gasteiger partial charge in [0, 0.05) is 13.2 Å². The first-order valence-corrected chi connectivity index (χ1v) is 5.86. The van der Waals surface area contributed by atoms with E-state index in [0.717, 1.165) is 12.3 Å². The summed E-state index contributed by atoms with van der Waals surface area (Å²) in [5, 5.41) is 0. The molecule has 2 heteroatoms. The SMILES string of the molecule is COC(C)(C)CCC1CCCCC1N. The summed E-state index contributed by atoms with van der Waals surface area (Å²) in [4.78, 5) is 0. The molecular weight excluding hydrogens is 174 g/mol. The Morgan fingerprint density at radius 1 is 1.29 bits per heavy atom. The Balaban J connectivity index is 2.29. The van der Waals surface area contributed by atoms with E-state index in [2.05, 4.69) is 13.8 Å². The Morgan fingerprint density at radius 3 is 2.50 bits per heavy atom. The van der Waals surface area contributed by atoms with Crippen LogP contribution in [0, 0.1) is 5.92 Å². The molecule has 2 nitrogen and oxygen atoms in total. The van der Waals surface area contributed by atoms with E-state index in [4.69, 9.17) is 10.5 Å². The average Bonchev–Trinajstić information content (AvgIpc) is 2.17. The molecule has 84 valence electrons. The quantitative estimate of drug-likeness (QED) is 0.755. The summed E-state index contributed by atoms with van der Waals surface area (Å²) in [6.07, 6.45) is 7.58. The number of methoxy groups -OCH3 is 1. The second-order valence-corrected chi connectivity index (χ2v) is 5.21. The lowest BCUT2D eigenvalue weighted by Gasteiger charge is -2.31. The van der Waals surface area contributed by atoms with Gasteiger partial charge in [0.2, 0.25) is 0 Å². The molecule has 0 heterocycles. The Morgan fingerprint density at radius 2 is 1.93 bits per heavy atom.